The summed E-state index contributed by atoms with van der Waals surface area (Å²) in [5.74, 6) is 1.92. The highest BCUT2D eigenvalue weighted by atomic mass is 19.4. The van der Waals surface area contributed by atoms with Crippen molar-refractivity contribution in [2.75, 3.05) is 0 Å². The van der Waals surface area contributed by atoms with Gasteiger partial charge in [-0.2, -0.15) is 13.2 Å². The van der Waals surface area contributed by atoms with Crippen LogP contribution in [-0.2, 0) is 6.18 Å². The van der Waals surface area contributed by atoms with E-state index in [1.54, 1.807) is 0 Å². The molecular formula is C24H26F4. The van der Waals surface area contributed by atoms with Gasteiger partial charge in [0.25, 0.3) is 0 Å². The molecule has 2 aliphatic carbocycles. The van der Waals surface area contributed by atoms with Gasteiger partial charge in [0.1, 0.15) is 5.82 Å². The average Bonchev–Trinajstić information content (AvgIpc) is 2.66. The van der Waals surface area contributed by atoms with Crippen molar-refractivity contribution in [2.24, 2.45) is 17.8 Å². The fraction of sp³-hybridized carbons (Fsp3) is 0.500. The summed E-state index contributed by atoms with van der Waals surface area (Å²) >= 11 is 0. The predicted octanol–water partition coefficient (Wildman–Crippen LogP) is 7.83. The molecule has 0 N–H and O–H groups in total. The standard InChI is InChI=1S/C24H26F4/c1-15-2-3-20-13-19(9-8-18(20)12-15)16-4-6-17(7-5-16)21-10-11-22(23(25)14-21)24(26,27)28/h4-7,10-11,14-15,18-20H,2-3,8-9,12-13H2,1H3. The molecule has 0 amide bonds. The molecule has 0 bridgehead atoms. The van der Waals surface area contributed by atoms with E-state index in [-0.39, 0.29) is 0 Å². The Hall–Kier alpha value is -1.84. The van der Waals surface area contributed by atoms with Crippen molar-refractivity contribution in [1.82, 2.24) is 0 Å². The molecular weight excluding hydrogens is 364 g/mol. The van der Waals surface area contributed by atoms with Gasteiger partial charge in [-0.25, -0.2) is 4.39 Å². The fourth-order valence-electron chi connectivity index (χ4n) is 5.30. The van der Waals surface area contributed by atoms with Gasteiger partial charge in [0.2, 0.25) is 0 Å². The Balaban J connectivity index is 1.48. The topological polar surface area (TPSA) is 0 Å². The van der Waals surface area contributed by atoms with E-state index in [4.69, 9.17) is 0 Å². The molecule has 0 radical (unpaired) electrons. The van der Waals surface area contributed by atoms with Crippen molar-refractivity contribution in [3.63, 3.8) is 0 Å². The molecule has 2 aromatic rings. The van der Waals surface area contributed by atoms with Crippen molar-refractivity contribution in [1.29, 1.82) is 0 Å². The number of halogens is 4. The summed E-state index contributed by atoms with van der Waals surface area (Å²) in [6.07, 6.45) is 3.13. The second-order valence-corrected chi connectivity index (χ2v) is 8.76. The van der Waals surface area contributed by atoms with Crippen LogP contribution in [-0.4, -0.2) is 0 Å². The summed E-state index contributed by atoms with van der Waals surface area (Å²) in [4.78, 5) is 0. The van der Waals surface area contributed by atoms with Gasteiger partial charge in [0, 0.05) is 0 Å². The van der Waals surface area contributed by atoms with Crippen molar-refractivity contribution in [3.8, 4) is 11.1 Å². The fourth-order valence-corrected chi connectivity index (χ4v) is 5.30. The molecule has 0 spiro atoms. The molecule has 2 fully saturated rings. The lowest BCUT2D eigenvalue weighted by atomic mass is 9.64. The summed E-state index contributed by atoms with van der Waals surface area (Å²) < 4.78 is 52.1. The maximum atomic E-state index is 13.9. The first-order valence-corrected chi connectivity index (χ1v) is 10.3. The monoisotopic (exact) mass is 390 g/mol. The van der Waals surface area contributed by atoms with Crippen LogP contribution in [0.4, 0.5) is 17.6 Å². The molecule has 4 atom stereocenters. The van der Waals surface area contributed by atoms with Gasteiger partial charge in [0.15, 0.2) is 0 Å². The normalized spacial score (nSPS) is 28.0. The first-order chi connectivity index (χ1) is 13.3. The highest BCUT2D eigenvalue weighted by molar-refractivity contribution is 5.64. The summed E-state index contributed by atoms with van der Waals surface area (Å²) in [6.45, 7) is 2.37. The Labute approximate surface area is 164 Å². The molecule has 4 unspecified atom stereocenters. The number of alkyl halides is 3. The lowest BCUT2D eigenvalue weighted by molar-refractivity contribution is -0.139. The predicted molar refractivity (Wildman–Crippen MR) is 103 cm³/mol. The minimum absolute atomic E-state index is 0.474. The van der Waals surface area contributed by atoms with E-state index in [2.05, 4.69) is 19.1 Å². The zero-order valence-electron chi connectivity index (χ0n) is 16.1. The van der Waals surface area contributed by atoms with Gasteiger partial charge in [-0.15, -0.1) is 0 Å². The SMILES string of the molecule is CC1CCC2CC(c3ccc(-c4ccc(C(F)(F)F)c(F)c4)cc3)CCC2C1. The van der Waals surface area contributed by atoms with Crippen LogP contribution in [0.2, 0.25) is 0 Å². The number of hydrogen-bond acceptors (Lipinski definition) is 0. The molecule has 0 saturated heterocycles. The maximum Gasteiger partial charge on any atom is 0.419 e. The van der Waals surface area contributed by atoms with Crippen LogP contribution in [0.15, 0.2) is 42.5 Å². The van der Waals surface area contributed by atoms with Crippen molar-refractivity contribution >= 4 is 0 Å². The van der Waals surface area contributed by atoms with Gasteiger partial charge in [-0.3, -0.25) is 0 Å². The quantitative estimate of drug-likeness (QED) is 0.458. The van der Waals surface area contributed by atoms with Gasteiger partial charge in [-0.05, 0) is 84.6 Å². The van der Waals surface area contributed by atoms with Crippen LogP contribution in [0.25, 0.3) is 11.1 Å². The first kappa shape index (κ1) is 19.5. The van der Waals surface area contributed by atoms with E-state index >= 15 is 0 Å². The molecule has 0 aliphatic heterocycles. The summed E-state index contributed by atoms with van der Waals surface area (Å²) in [7, 11) is 0. The van der Waals surface area contributed by atoms with Crippen molar-refractivity contribution in [3.05, 3.63) is 59.4 Å². The maximum absolute atomic E-state index is 13.9. The van der Waals surface area contributed by atoms with Gasteiger partial charge < -0.3 is 0 Å². The Bertz CT molecular complexity index is 821. The van der Waals surface area contributed by atoms with Crippen LogP contribution in [0, 0.1) is 23.6 Å². The van der Waals surface area contributed by atoms with Crippen molar-refractivity contribution in [2.45, 2.75) is 57.5 Å². The molecule has 0 aromatic heterocycles. The van der Waals surface area contributed by atoms with E-state index in [9.17, 15) is 17.6 Å². The number of fused-ring (bicyclic) bond motifs is 1. The third-order valence-electron chi connectivity index (χ3n) is 6.87. The molecule has 0 heterocycles. The van der Waals surface area contributed by atoms with Gasteiger partial charge >= 0.3 is 6.18 Å². The Morgan fingerprint density at radius 1 is 0.786 bits per heavy atom. The lowest BCUT2D eigenvalue weighted by Crippen LogP contribution is -2.29. The van der Waals surface area contributed by atoms with Crippen LogP contribution < -0.4 is 0 Å². The van der Waals surface area contributed by atoms with Crippen molar-refractivity contribution < 1.29 is 17.6 Å². The molecule has 4 heteroatoms. The first-order valence-electron chi connectivity index (χ1n) is 10.3. The van der Waals surface area contributed by atoms with Crippen LogP contribution in [0.3, 0.4) is 0 Å². The van der Waals surface area contributed by atoms with Gasteiger partial charge in [0.05, 0.1) is 5.56 Å². The Kier molecular flexibility index (Phi) is 5.24. The van der Waals surface area contributed by atoms with E-state index < -0.39 is 17.6 Å². The molecule has 4 rings (SSSR count). The van der Waals surface area contributed by atoms with Crippen LogP contribution in [0.5, 0.6) is 0 Å². The molecule has 28 heavy (non-hydrogen) atoms. The molecule has 2 saturated carbocycles. The number of benzene rings is 2. The minimum atomic E-state index is -4.66. The second-order valence-electron chi connectivity index (χ2n) is 8.76. The zero-order valence-corrected chi connectivity index (χ0v) is 16.1. The van der Waals surface area contributed by atoms with E-state index in [1.807, 2.05) is 12.1 Å². The molecule has 150 valence electrons. The summed E-state index contributed by atoms with van der Waals surface area (Å²) in [5.41, 5.74) is 1.30. The second kappa shape index (κ2) is 7.53. The number of rotatable bonds is 2. The summed E-state index contributed by atoms with van der Waals surface area (Å²) in [6, 6.07) is 11.1. The Morgan fingerprint density at radius 3 is 2.11 bits per heavy atom. The van der Waals surface area contributed by atoms with Crippen LogP contribution in [0.1, 0.15) is 62.5 Å². The largest absolute Gasteiger partial charge is 0.419 e. The smallest absolute Gasteiger partial charge is 0.206 e. The van der Waals surface area contributed by atoms with E-state index in [1.165, 1.54) is 50.2 Å². The minimum Gasteiger partial charge on any atom is -0.206 e. The lowest BCUT2D eigenvalue weighted by Gasteiger charge is -2.41. The Morgan fingerprint density at radius 2 is 1.43 bits per heavy atom. The van der Waals surface area contributed by atoms with Gasteiger partial charge in [-0.1, -0.05) is 43.7 Å². The highest BCUT2D eigenvalue weighted by Crippen LogP contribution is 2.47. The third kappa shape index (κ3) is 3.97. The average molecular weight is 390 g/mol. The zero-order chi connectivity index (χ0) is 19.9. The van der Waals surface area contributed by atoms with E-state index in [0.29, 0.717) is 11.5 Å². The molecule has 2 aromatic carbocycles. The number of hydrogen-bond donors (Lipinski definition) is 0. The summed E-state index contributed by atoms with van der Waals surface area (Å²) in [5, 5.41) is 0. The van der Waals surface area contributed by atoms with Crippen LogP contribution >= 0.6 is 0 Å². The van der Waals surface area contributed by atoms with E-state index in [0.717, 1.165) is 35.4 Å². The molecule has 2 aliphatic rings. The third-order valence-corrected chi connectivity index (χ3v) is 6.87. The molecule has 0 nitrogen and oxygen atoms in total. The highest BCUT2D eigenvalue weighted by Gasteiger charge is 2.35.